The van der Waals surface area contributed by atoms with Crippen LogP contribution in [0.1, 0.15) is 38.5 Å². The first-order valence-corrected chi connectivity index (χ1v) is 4.97. The molecule has 1 rings (SSSR count). The molecule has 12 heavy (non-hydrogen) atoms. The number of hydrogen-bond donors (Lipinski definition) is 0. The van der Waals surface area contributed by atoms with Crippen LogP contribution in [-0.2, 0) is 0 Å². The molecule has 0 unspecified atom stereocenters. The lowest BCUT2D eigenvalue weighted by Gasteiger charge is -1.94. The van der Waals surface area contributed by atoms with Gasteiger partial charge in [-0.3, -0.25) is 0 Å². The third-order valence-electron chi connectivity index (χ3n) is 2.04. The summed E-state index contributed by atoms with van der Waals surface area (Å²) in [6, 6.07) is 0. The van der Waals surface area contributed by atoms with Crippen molar-refractivity contribution in [1.29, 1.82) is 0 Å². The third-order valence-corrected chi connectivity index (χ3v) is 2.04. The highest BCUT2D eigenvalue weighted by molar-refractivity contribution is 5.03. The van der Waals surface area contributed by atoms with Gasteiger partial charge in [-0.25, -0.2) is 0 Å². The van der Waals surface area contributed by atoms with Crippen LogP contribution in [0.2, 0.25) is 0 Å². The molecule has 0 aliphatic heterocycles. The van der Waals surface area contributed by atoms with Crippen LogP contribution in [0.3, 0.4) is 0 Å². The van der Waals surface area contributed by atoms with Gasteiger partial charge in [-0.15, -0.1) is 0 Å². The van der Waals surface area contributed by atoms with E-state index in [-0.39, 0.29) is 0 Å². The fourth-order valence-electron chi connectivity index (χ4n) is 1.30. The molecular weight excluding hydrogens is 144 g/mol. The van der Waals surface area contributed by atoms with Crippen LogP contribution < -0.4 is 0 Å². The largest absolute Gasteiger partial charge is 0.0885 e. The minimum Gasteiger partial charge on any atom is -0.0885 e. The van der Waals surface area contributed by atoms with Gasteiger partial charge in [-0.2, -0.15) is 0 Å². The van der Waals surface area contributed by atoms with Crippen molar-refractivity contribution in [3.63, 3.8) is 0 Å². The van der Waals surface area contributed by atoms with Crippen molar-refractivity contribution in [2.45, 2.75) is 38.5 Å². The molecule has 66 valence electrons. The summed E-state index contributed by atoms with van der Waals surface area (Å²) in [5.74, 6) is 0. The van der Waals surface area contributed by atoms with Gasteiger partial charge in [0.25, 0.3) is 0 Å². The first-order chi connectivity index (χ1) is 6.00. The van der Waals surface area contributed by atoms with Gasteiger partial charge in [0, 0.05) is 0 Å². The van der Waals surface area contributed by atoms with Crippen molar-refractivity contribution in [2.75, 3.05) is 0 Å². The van der Waals surface area contributed by atoms with E-state index in [1.165, 1.54) is 38.5 Å². The smallest absolute Gasteiger partial charge is 0.0313 e. The highest BCUT2D eigenvalue weighted by Gasteiger charge is 1.84. The van der Waals surface area contributed by atoms with Gasteiger partial charge in [0.15, 0.2) is 0 Å². The Labute approximate surface area is 75.7 Å². The van der Waals surface area contributed by atoms with Gasteiger partial charge in [0.2, 0.25) is 0 Å². The van der Waals surface area contributed by atoms with Crippen molar-refractivity contribution in [3.05, 3.63) is 36.5 Å². The van der Waals surface area contributed by atoms with Crippen LogP contribution in [0.25, 0.3) is 0 Å². The van der Waals surface area contributed by atoms with Gasteiger partial charge < -0.3 is 0 Å². The highest BCUT2D eigenvalue weighted by Crippen LogP contribution is 2.04. The van der Waals surface area contributed by atoms with Gasteiger partial charge >= 0.3 is 0 Å². The third kappa shape index (κ3) is 4.95. The van der Waals surface area contributed by atoms with Gasteiger partial charge in [-0.1, -0.05) is 36.5 Å². The van der Waals surface area contributed by atoms with Crippen LogP contribution >= 0.6 is 0 Å². The maximum Gasteiger partial charge on any atom is -0.0313 e. The minimum atomic E-state index is 1.18. The average molecular weight is 162 g/mol. The molecule has 0 nitrogen and oxygen atoms in total. The van der Waals surface area contributed by atoms with Gasteiger partial charge in [0.05, 0.1) is 0 Å². The zero-order valence-electron chi connectivity index (χ0n) is 7.71. The molecule has 0 fully saturated rings. The lowest BCUT2D eigenvalue weighted by molar-refractivity contribution is 0.760. The lowest BCUT2D eigenvalue weighted by Crippen LogP contribution is -1.74. The van der Waals surface area contributed by atoms with E-state index in [1.54, 1.807) is 0 Å². The number of allylic oxidation sites excluding steroid dienone is 6. The Kier molecular flexibility index (Phi) is 5.35. The fourth-order valence-corrected chi connectivity index (χ4v) is 1.30. The van der Waals surface area contributed by atoms with Crippen molar-refractivity contribution < 1.29 is 0 Å². The van der Waals surface area contributed by atoms with Crippen LogP contribution in [0.4, 0.5) is 0 Å². The van der Waals surface area contributed by atoms with E-state index in [9.17, 15) is 0 Å². The Bertz CT molecular complexity index is 172. The molecule has 0 saturated carbocycles. The first kappa shape index (κ1) is 9.31. The van der Waals surface area contributed by atoms with Crippen LogP contribution in [0.5, 0.6) is 0 Å². The SMILES string of the molecule is C1=CCC/C=C/CCCCC=C1. The summed E-state index contributed by atoms with van der Waals surface area (Å²) in [4.78, 5) is 0. The fraction of sp³-hybridized carbons (Fsp3) is 0.500. The summed E-state index contributed by atoms with van der Waals surface area (Å²) in [5.41, 5.74) is 0. The van der Waals surface area contributed by atoms with Crippen molar-refractivity contribution in [2.24, 2.45) is 0 Å². The highest BCUT2D eigenvalue weighted by atomic mass is 13.9. The Morgan fingerprint density at radius 3 is 1.83 bits per heavy atom. The molecule has 0 N–H and O–H groups in total. The monoisotopic (exact) mass is 162 g/mol. The Balaban J connectivity index is 2.31. The van der Waals surface area contributed by atoms with E-state index in [0.29, 0.717) is 0 Å². The van der Waals surface area contributed by atoms with Crippen molar-refractivity contribution in [1.82, 2.24) is 0 Å². The van der Waals surface area contributed by atoms with E-state index in [2.05, 4.69) is 36.5 Å². The zero-order chi connectivity index (χ0) is 8.49. The molecule has 0 heterocycles. The lowest BCUT2D eigenvalue weighted by atomic mass is 10.1. The Morgan fingerprint density at radius 1 is 0.500 bits per heavy atom. The van der Waals surface area contributed by atoms with Crippen molar-refractivity contribution in [3.8, 4) is 0 Å². The Morgan fingerprint density at radius 2 is 1.00 bits per heavy atom. The molecule has 0 radical (unpaired) electrons. The Hall–Kier alpha value is -0.780. The van der Waals surface area contributed by atoms with E-state index in [4.69, 9.17) is 0 Å². The molecule has 0 aromatic rings. The predicted octanol–water partition coefficient (Wildman–Crippen LogP) is 4.01. The topological polar surface area (TPSA) is 0 Å². The molecular formula is C12H18. The summed E-state index contributed by atoms with van der Waals surface area (Å²) in [5, 5.41) is 0. The maximum absolute atomic E-state index is 2.32. The van der Waals surface area contributed by atoms with E-state index in [0.717, 1.165) is 0 Å². The summed E-state index contributed by atoms with van der Waals surface area (Å²) in [6.07, 6.45) is 21.0. The molecule has 1 aliphatic carbocycles. The second-order valence-corrected chi connectivity index (χ2v) is 3.19. The van der Waals surface area contributed by atoms with Gasteiger partial charge in [-0.05, 0) is 38.5 Å². The molecule has 0 aromatic carbocycles. The molecule has 0 atom stereocenters. The molecule has 0 aromatic heterocycles. The predicted molar refractivity (Wildman–Crippen MR) is 55.1 cm³/mol. The second kappa shape index (κ2) is 6.90. The number of rotatable bonds is 0. The second-order valence-electron chi connectivity index (χ2n) is 3.19. The van der Waals surface area contributed by atoms with E-state index < -0.39 is 0 Å². The van der Waals surface area contributed by atoms with Gasteiger partial charge in [0.1, 0.15) is 0 Å². The molecule has 1 aliphatic rings. The van der Waals surface area contributed by atoms with Crippen molar-refractivity contribution >= 4 is 0 Å². The summed E-state index contributed by atoms with van der Waals surface area (Å²) in [7, 11) is 0. The quantitative estimate of drug-likeness (QED) is 0.472. The summed E-state index contributed by atoms with van der Waals surface area (Å²) in [6.45, 7) is 0. The molecule has 0 bridgehead atoms. The van der Waals surface area contributed by atoms with Crippen LogP contribution in [-0.4, -0.2) is 0 Å². The summed E-state index contributed by atoms with van der Waals surface area (Å²) >= 11 is 0. The first-order valence-electron chi connectivity index (χ1n) is 4.97. The summed E-state index contributed by atoms with van der Waals surface area (Å²) < 4.78 is 0. The standard InChI is InChI=1S/C12H18/c1-2-4-6-8-10-12-11-9-7-5-3-1/h1-4,9,11H,5-8,10,12H2/b3-1?,4-2?,11-9+. The molecule has 0 saturated heterocycles. The minimum absolute atomic E-state index is 1.18. The zero-order valence-corrected chi connectivity index (χ0v) is 7.71. The van der Waals surface area contributed by atoms with Crippen LogP contribution in [0, 0.1) is 0 Å². The maximum atomic E-state index is 2.32. The molecule has 0 amide bonds. The normalized spacial score (nSPS) is 22.7. The molecule has 0 heteroatoms. The number of hydrogen-bond acceptors (Lipinski definition) is 0. The van der Waals surface area contributed by atoms with E-state index in [1.807, 2.05) is 0 Å². The van der Waals surface area contributed by atoms with Crippen LogP contribution in [0.15, 0.2) is 36.5 Å². The van der Waals surface area contributed by atoms with E-state index >= 15 is 0 Å². The average Bonchev–Trinajstić information content (AvgIpc) is 2.05. The molecule has 0 spiro atoms.